The lowest BCUT2D eigenvalue weighted by Crippen LogP contribution is -2.18. The molecule has 1 N–H and O–H groups in total. The van der Waals surface area contributed by atoms with Gasteiger partial charge in [-0.05, 0) is 18.1 Å². The third kappa shape index (κ3) is 6.78. The van der Waals surface area contributed by atoms with Crippen molar-refractivity contribution in [2.75, 3.05) is 32.3 Å². The van der Waals surface area contributed by atoms with E-state index in [1.54, 1.807) is 7.11 Å². The van der Waals surface area contributed by atoms with E-state index in [1.807, 2.05) is 23.0 Å². The van der Waals surface area contributed by atoms with Gasteiger partial charge in [-0.1, -0.05) is 0 Å². The fourth-order valence-electron chi connectivity index (χ4n) is 1.65. The van der Waals surface area contributed by atoms with Crippen molar-refractivity contribution in [2.24, 2.45) is 0 Å². The molecule has 0 aliphatic heterocycles. The minimum atomic E-state index is -2.85. The highest BCUT2D eigenvalue weighted by atomic mass is 32.2. The van der Waals surface area contributed by atoms with Crippen molar-refractivity contribution in [3.05, 3.63) is 24.0 Å². The first-order chi connectivity index (χ1) is 8.51. The maximum absolute atomic E-state index is 11.0. The Bertz CT molecular complexity index is 440. The van der Waals surface area contributed by atoms with E-state index in [4.69, 9.17) is 4.74 Å². The van der Waals surface area contributed by atoms with Crippen LogP contribution in [0.25, 0.3) is 0 Å². The molecule has 0 aliphatic rings. The molecular formula is C12H22N2O3S. The third-order valence-corrected chi connectivity index (χ3v) is 3.59. The molecule has 1 aromatic heterocycles. The number of nitrogens with zero attached hydrogens (tertiary/aromatic N) is 1. The summed E-state index contributed by atoms with van der Waals surface area (Å²) < 4.78 is 29.0. The number of aryl methyl sites for hydroxylation is 1. The maximum Gasteiger partial charge on any atom is 0.147 e. The molecule has 1 heterocycles. The lowest BCUT2D eigenvalue weighted by atomic mass is 10.3. The highest BCUT2D eigenvalue weighted by molar-refractivity contribution is 7.90. The normalized spacial score (nSPS) is 11.9. The molecular weight excluding hydrogens is 252 g/mol. The quantitative estimate of drug-likeness (QED) is 0.672. The Balaban J connectivity index is 2.26. The van der Waals surface area contributed by atoms with E-state index in [9.17, 15) is 8.42 Å². The highest BCUT2D eigenvalue weighted by Gasteiger charge is 2.02. The summed E-state index contributed by atoms with van der Waals surface area (Å²) in [4.78, 5) is 0. The van der Waals surface area contributed by atoms with E-state index in [2.05, 4.69) is 5.32 Å². The van der Waals surface area contributed by atoms with Crippen LogP contribution in [-0.4, -0.2) is 45.3 Å². The molecule has 5 nitrogen and oxygen atoms in total. The van der Waals surface area contributed by atoms with Crippen LogP contribution in [0.15, 0.2) is 18.5 Å². The van der Waals surface area contributed by atoms with Crippen LogP contribution in [0.4, 0.5) is 0 Å². The number of aromatic nitrogens is 1. The monoisotopic (exact) mass is 274 g/mol. The molecule has 0 aliphatic carbocycles. The van der Waals surface area contributed by atoms with Crippen molar-refractivity contribution in [1.29, 1.82) is 0 Å². The first-order valence-corrected chi connectivity index (χ1v) is 8.09. The fourth-order valence-corrected chi connectivity index (χ4v) is 2.30. The smallest absolute Gasteiger partial charge is 0.147 e. The molecule has 0 saturated heterocycles. The minimum Gasteiger partial charge on any atom is -0.383 e. The largest absolute Gasteiger partial charge is 0.383 e. The average molecular weight is 274 g/mol. The van der Waals surface area contributed by atoms with Crippen LogP contribution < -0.4 is 5.32 Å². The van der Waals surface area contributed by atoms with Crippen LogP contribution in [0.5, 0.6) is 0 Å². The first kappa shape index (κ1) is 15.2. The molecule has 0 radical (unpaired) electrons. The second-order valence-corrected chi connectivity index (χ2v) is 6.67. The molecule has 104 valence electrons. The topological polar surface area (TPSA) is 60.3 Å². The summed E-state index contributed by atoms with van der Waals surface area (Å²) in [6, 6.07) is 2.04. The highest BCUT2D eigenvalue weighted by Crippen LogP contribution is 2.02. The van der Waals surface area contributed by atoms with Crippen molar-refractivity contribution in [2.45, 2.75) is 19.5 Å². The number of nitrogens with one attached hydrogen (secondary N) is 1. The summed E-state index contributed by atoms with van der Waals surface area (Å²) in [5.74, 6) is 0.243. The number of hydrogen-bond donors (Lipinski definition) is 1. The zero-order valence-corrected chi connectivity index (χ0v) is 11.9. The van der Waals surface area contributed by atoms with Crippen LogP contribution in [0.3, 0.4) is 0 Å². The molecule has 0 aromatic carbocycles. The molecule has 18 heavy (non-hydrogen) atoms. The summed E-state index contributed by atoms with van der Waals surface area (Å²) >= 11 is 0. The van der Waals surface area contributed by atoms with E-state index in [1.165, 1.54) is 11.8 Å². The Kier molecular flexibility index (Phi) is 6.38. The van der Waals surface area contributed by atoms with Crippen LogP contribution in [0.2, 0.25) is 0 Å². The second kappa shape index (κ2) is 7.56. The van der Waals surface area contributed by atoms with Crippen molar-refractivity contribution >= 4 is 9.84 Å². The van der Waals surface area contributed by atoms with Gasteiger partial charge in [-0.25, -0.2) is 8.42 Å². The van der Waals surface area contributed by atoms with Crippen LogP contribution in [0.1, 0.15) is 12.0 Å². The Morgan fingerprint density at radius 3 is 2.89 bits per heavy atom. The lowest BCUT2D eigenvalue weighted by Gasteiger charge is -2.03. The van der Waals surface area contributed by atoms with Gasteiger partial charge in [0.05, 0.1) is 12.4 Å². The molecule has 1 rings (SSSR count). The van der Waals surface area contributed by atoms with Gasteiger partial charge in [0, 0.05) is 45.4 Å². The molecule has 0 unspecified atom stereocenters. The molecule has 0 atom stereocenters. The van der Waals surface area contributed by atoms with E-state index < -0.39 is 9.84 Å². The Morgan fingerprint density at radius 2 is 2.22 bits per heavy atom. The Labute approximate surface area is 109 Å². The molecule has 0 bridgehead atoms. The van der Waals surface area contributed by atoms with E-state index >= 15 is 0 Å². The molecule has 1 aromatic rings. The summed E-state index contributed by atoms with van der Waals surface area (Å²) in [5, 5.41) is 3.26. The standard InChI is InChI=1S/C12H22N2O3S/c1-17-8-5-13-10-12-4-7-14(11-12)6-3-9-18(2,15)16/h4,7,11,13H,3,5-6,8-10H2,1-2H3. The number of sulfone groups is 1. The summed E-state index contributed by atoms with van der Waals surface area (Å²) in [7, 11) is -1.17. The minimum absolute atomic E-state index is 0.243. The zero-order chi connectivity index (χ0) is 13.4. The number of ether oxygens (including phenoxy) is 1. The van der Waals surface area contributed by atoms with Crippen LogP contribution in [0, 0.1) is 0 Å². The van der Waals surface area contributed by atoms with Crippen LogP contribution in [-0.2, 0) is 27.7 Å². The second-order valence-electron chi connectivity index (χ2n) is 4.41. The van der Waals surface area contributed by atoms with Gasteiger partial charge in [0.15, 0.2) is 0 Å². The summed E-state index contributed by atoms with van der Waals surface area (Å²) in [6.45, 7) is 3.08. The van der Waals surface area contributed by atoms with Gasteiger partial charge < -0.3 is 14.6 Å². The number of methoxy groups -OCH3 is 1. The lowest BCUT2D eigenvalue weighted by molar-refractivity contribution is 0.199. The van der Waals surface area contributed by atoms with Crippen molar-refractivity contribution in [3.63, 3.8) is 0 Å². The van der Waals surface area contributed by atoms with Crippen molar-refractivity contribution in [3.8, 4) is 0 Å². The molecule has 0 saturated carbocycles. The first-order valence-electron chi connectivity index (χ1n) is 6.03. The number of hydrogen-bond acceptors (Lipinski definition) is 4. The van der Waals surface area contributed by atoms with E-state index in [0.717, 1.165) is 19.6 Å². The Hall–Kier alpha value is -0.850. The van der Waals surface area contributed by atoms with Gasteiger partial charge >= 0.3 is 0 Å². The van der Waals surface area contributed by atoms with Gasteiger partial charge in [-0.15, -0.1) is 0 Å². The van der Waals surface area contributed by atoms with Crippen molar-refractivity contribution < 1.29 is 13.2 Å². The Morgan fingerprint density at radius 1 is 1.44 bits per heavy atom. The van der Waals surface area contributed by atoms with Gasteiger partial charge in [0.1, 0.15) is 9.84 Å². The van der Waals surface area contributed by atoms with Gasteiger partial charge in [0.25, 0.3) is 0 Å². The maximum atomic E-state index is 11.0. The van der Waals surface area contributed by atoms with Gasteiger partial charge in [-0.3, -0.25) is 0 Å². The van der Waals surface area contributed by atoms with Crippen molar-refractivity contribution in [1.82, 2.24) is 9.88 Å². The van der Waals surface area contributed by atoms with Gasteiger partial charge in [-0.2, -0.15) is 0 Å². The number of rotatable bonds is 9. The summed E-state index contributed by atoms with van der Waals surface area (Å²) in [6.07, 6.45) is 5.95. The van der Waals surface area contributed by atoms with E-state index in [0.29, 0.717) is 13.0 Å². The fraction of sp³-hybridized carbons (Fsp3) is 0.667. The third-order valence-electron chi connectivity index (χ3n) is 2.56. The van der Waals surface area contributed by atoms with Gasteiger partial charge in [0.2, 0.25) is 0 Å². The zero-order valence-electron chi connectivity index (χ0n) is 11.1. The molecule has 0 fully saturated rings. The molecule has 0 amide bonds. The predicted octanol–water partition coefficient (Wildman–Crippen LogP) is 0.659. The van der Waals surface area contributed by atoms with Crippen LogP contribution >= 0.6 is 0 Å². The molecule has 6 heteroatoms. The van der Waals surface area contributed by atoms with E-state index in [-0.39, 0.29) is 5.75 Å². The predicted molar refractivity (Wildman–Crippen MR) is 72.3 cm³/mol. The summed E-state index contributed by atoms with van der Waals surface area (Å²) in [5.41, 5.74) is 1.20. The average Bonchev–Trinajstić information content (AvgIpc) is 2.71. The SMILES string of the molecule is COCCNCc1ccn(CCCS(C)(=O)=O)c1. The molecule has 0 spiro atoms.